The summed E-state index contributed by atoms with van der Waals surface area (Å²) in [6, 6.07) is 18.9. The number of benzene rings is 3. The van der Waals surface area contributed by atoms with Crippen molar-refractivity contribution in [3.63, 3.8) is 0 Å². The SMILES string of the molecule is Cc1ccc(NC(=O)Cn2c3c(sc2=O)[C@@H](c2cccc(Cl)c2Cl)[C@@H]2C(=O)N(c4ccc(Cl)cc4)C(=O)[C@@H]2S3)cc1. The molecule has 1 saturated heterocycles. The minimum atomic E-state index is -0.855. The van der Waals surface area contributed by atoms with Crippen LogP contribution in [0.2, 0.25) is 15.1 Å². The predicted octanol–water partition coefficient (Wildman–Crippen LogP) is 6.61. The van der Waals surface area contributed by atoms with Crippen LogP contribution in [-0.4, -0.2) is 27.5 Å². The number of carbonyl (C=O) groups is 3. The van der Waals surface area contributed by atoms with Crippen molar-refractivity contribution in [2.75, 3.05) is 10.2 Å². The van der Waals surface area contributed by atoms with Gasteiger partial charge in [-0.05, 0) is 55.0 Å². The second-order valence-corrected chi connectivity index (χ2v) is 13.1. The maximum Gasteiger partial charge on any atom is 0.308 e. The highest BCUT2D eigenvalue weighted by Crippen LogP contribution is 2.55. The Bertz CT molecular complexity index is 1770. The van der Waals surface area contributed by atoms with Crippen molar-refractivity contribution in [1.29, 1.82) is 0 Å². The molecule has 1 N–H and O–H groups in total. The van der Waals surface area contributed by atoms with Crippen LogP contribution in [0.4, 0.5) is 11.4 Å². The summed E-state index contributed by atoms with van der Waals surface area (Å²) in [5, 5.41) is 3.42. The van der Waals surface area contributed by atoms with Crippen molar-refractivity contribution in [1.82, 2.24) is 4.57 Å². The maximum absolute atomic E-state index is 14.0. The van der Waals surface area contributed by atoms with E-state index in [9.17, 15) is 19.2 Å². The fourth-order valence-corrected chi connectivity index (χ4v) is 8.49. The number of hydrogen-bond acceptors (Lipinski definition) is 6. The Kier molecular flexibility index (Phi) is 7.50. The number of thiazole rings is 1. The van der Waals surface area contributed by atoms with E-state index in [1.165, 1.54) is 4.57 Å². The fraction of sp³-hybridized carbons (Fsp3) is 0.172. The lowest BCUT2D eigenvalue weighted by Gasteiger charge is -2.31. The van der Waals surface area contributed by atoms with Gasteiger partial charge in [0, 0.05) is 21.5 Å². The highest BCUT2D eigenvalue weighted by atomic mass is 35.5. The Morgan fingerprint density at radius 1 is 0.927 bits per heavy atom. The molecular formula is C29H20Cl3N3O4S2. The number of hydrogen-bond donors (Lipinski definition) is 1. The summed E-state index contributed by atoms with van der Waals surface area (Å²) in [6.07, 6.45) is 0. The van der Waals surface area contributed by atoms with Gasteiger partial charge < -0.3 is 5.32 Å². The van der Waals surface area contributed by atoms with E-state index >= 15 is 0 Å². The van der Waals surface area contributed by atoms with Crippen LogP contribution in [0, 0.1) is 12.8 Å². The van der Waals surface area contributed by atoms with Gasteiger partial charge in [-0.1, -0.05) is 87.7 Å². The molecule has 1 aromatic heterocycles. The number of thioether (sulfide) groups is 1. The summed E-state index contributed by atoms with van der Waals surface area (Å²) >= 11 is 21.1. The van der Waals surface area contributed by atoms with Gasteiger partial charge in [-0.25, -0.2) is 4.90 Å². The van der Waals surface area contributed by atoms with Crippen molar-refractivity contribution in [3.8, 4) is 0 Å². The number of carbonyl (C=O) groups excluding carboxylic acids is 3. The van der Waals surface area contributed by atoms with Gasteiger partial charge in [-0.3, -0.25) is 23.7 Å². The third-order valence-electron chi connectivity index (χ3n) is 7.09. The maximum atomic E-state index is 14.0. The molecule has 41 heavy (non-hydrogen) atoms. The third-order valence-corrected chi connectivity index (χ3v) is 10.8. The van der Waals surface area contributed by atoms with Gasteiger partial charge in [0.15, 0.2) is 0 Å². The second kappa shape index (κ2) is 11.0. The van der Waals surface area contributed by atoms with Crippen LogP contribution < -0.4 is 15.1 Å². The molecule has 0 saturated carbocycles. The minimum absolute atomic E-state index is 0.241. The summed E-state index contributed by atoms with van der Waals surface area (Å²) in [4.78, 5) is 55.4. The van der Waals surface area contributed by atoms with E-state index < -0.39 is 34.8 Å². The van der Waals surface area contributed by atoms with Gasteiger partial charge in [0.25, 0.3) is 0 Å². The second-order valence-electron chi connectivity index (χ2n) is 9.71. The fourth-order valence-electron chi connectivity index (χ4n) is 5.18. The lowest BCUT2D eigenvalue weighted by molar-refractivity contribution is -0.122. The van der Waals surface area contributed by atoms with Crippen molar-refractivity contribution in [2.24, 2.45) is 5.92 Å². The van der Waals surface area contributed by atoms with Crippen LogP contribution in [0.15, 0.2) is 76.6 Å². The van der Waals surface area contributed by atoms with Crippen LogP contribution in [-0.2, 0) is 20.9 Å². The van der Waals surface area contributed by atoms with E-state index in [1.807, 2.05) is 19.1 Å². The number of halogens is 3. The average Bonchev–Trinajstić information content (AvgIpc) is 3.38. The standard InChI is InChI=1S/C29H20Cl3N3O4S2/c1-14-5-9-16(10-6-14)33-20(36)13-34-28-25(41-29(34)39)21(18-3-2-4-19(31)23(18)32)22-24(40-28)27(38)35(26(22)37)17-11-7-15(30)8-12-17/h2-12,21-22,24H,13H2,1H3,(H,33,36)/t21-,22-,24+/m0/s1. The number of aryl methyl sites for hydroxylation is 1. The molecule has 4 aromatic rings. The summed E-state index contributed by atoms with van der Waals surface area (Å²) in [6.45, 7) is 1.68. The van der Waals surface area contributed by atoms with E-state index in [-0.39, 0.29) is 21.5 Å². The zero-order valence-electron chi connectivity index (χ0n) is 21.3. The van der Waals surface area contributed by atoms with Gasteiger partial charge in [-0.2, -0.15) is 0 Å². The Balaban J connectivity index is 1.43. The first kappa shape index (κ1) is 28.1. The summed E-state index contributed by atoms with van der Waals surface area (Å²) < 4.78 is 1.36. The molecule has 0 bridgehead atoms. The quantitative estimate of drug-likeness (QED) is 0.247. The number of imide groups is 1. The third kappa shape index (κ3) is 5.00. The molecule has 3 heterocycles. The van der Waals surface area contributed by atoms with Crippen LogP contribution >= 0.6 is 57.9 Å². The number of nitrogens with zero attached hydrogens (tertiary/aromatic N) is 2. The first-order valence-corrected chi connectivity index (χ1v) is 15.3. The molecule has 3 amide bonds. The predicted molar refractivity (Wildman–Crippen MR) is 164 cm³/mol. The Morgan fingerprint density at radius 3 is 2.34 bits per heavy atom. The zero-order chi connectivity index (χ0) is 29.0. The normalized spacial score (nSPS) is 19.7. The molecule has 3 atom stereocenters. The van der Waals surface area contributed by atoms with Gasteiger partial charge in [0.1, 0.15) is 11.8 Å². The van der Waals surface area contributed by atoms with Gasteiger partial charge in [0.2, 0.25) is 17.7 Å². The molecule has 0 radical (unpaired) electrons. The largest absolute Gasteiger partial charge is 0.325 e. The van der Waals surface area contributed by atoms with Crippen LogP contribution in [0.5, 0.6) is 0 Å². The Hall–Kier alpha value is -3.08. The lowest BCUT2D eigenvalue weighted by atomic mass is 9.83. The van der Waals surface area contributed by atoms with Crippen molar-refractivity contribution in [3.05, 3.63) is 107 Å². The minimum Gasteiger partial charge on any atom is -0.325 e. The number of nitrogens with one attached hydrogen (secondary N) is 1. The first-order valence-electron chi connectivity index (χ1n) is 12.5. The number of amides is 3. The highest BCUT2D eigenvalue weighted by molar-refractivity contribution is 8.00. The van der Waals surface area contributed by atoms with Crippen molar-refractivity contribution >= 4 is 87.0 Å². The smallest absolute Gasteiger partial charge is 0.308 e. The van der Waals surface area contributed by atoms with E-state index in [0.717, 1.165) is 33.6 Å². The lowest BCUT2D eigenvalue weighted by Crippen LogP contribution is -2.33. The molecule has 3 aromatic carbocycles. The van der Waals surface area contributed by atoms with E-state index in [4.69, 9.17) is 34.8 Å². The molecule has 2 aliphatic heterocycles. The number of aromatic nitrogens is 1. The number of anilines is 2. The topological polar surface area (TPSA) is 88.5 Å². The summed E-state index contributed by atoms with van der Waals surface area (Å²) in [5.74, 6) is -2.80. The number of rotatable bonds is 5. The molecule has 208 valence electrons. The molecule has 0 aliphatic carbocycles. The molecule has 7 nitrogen and oxygen atoms in total. The summed E-state index contributed by atoms with van der Waals surface area (Å²) in [5.41, 5.74) is 2.58. The molecular weight excluding hydrogens is 625 g/mol. The highest BCUT2D eigenvalue weighted by Gasteiger charge is 2.57. The van der Waals surface area contributed by atoms with Crippen LogP contribution in [0.3, 0.4) is 0 Å². The number of fused-ring (bicyclic) bond motifs is 2. The van der Waals surface area contributed by atoms with E-state index in [2.05, 4.69) is 5.32 Å². The molecule has 2 aliphatic rings. The molecule has 0 unspecified atom stereocenters. The summed E-state index contributed by atoms with van der Waals surface area (Å²) in [7, 11) is 0. The Labute approximate surface area is 258 Å². The van der Waals surface area contributed by atoms with Gasteiger partial charge in [0.05, 0.1) is 26.7 Å². The van der Waals surface area contributed by atoms with Crippen molar-refractivity contribution in [2.45, 2.75) is 29.7 Å². The van der Waals surface area contributed by atoms with Crippen molar-refractivity contribution < 1.29 is 14.4 Å². The molecule has 6 rings (SSSR count). The average molecular weight is 645 g/mol. The zero-order valence-corrected chi connectivity index (χ0v) is 25.2. The van der Waals surface area contributed by atoms with Crippen LogP contribution in [0.1, 0.15) is 21.9 Å². The van der Waals surface area contributed by atoms with Crippen LogP contribution in [0.25, 0.3) is 0 Å². The monoisotopic (exact) mass is 643 g/mol. The molecule has 12 heteroatoms. The van der Waals surface area contributed by atoms with Gasteiger partial charge in [-0.15, -0.1) is 0 Å². The van der Waals surface area contributed by atoms with Gasteiger partial charge >= 0.3 is 4.87 Å². The Morgan fingerprint density at radius 2 is 1.63 bits per heavy atom. The van der Waals surface area contributed by atoms with E-state index in [0.29, 0.717) is 31.9 Å². The first-order chi connectivity index (χ1) is 19.6. The molecule has 0 spiro atoms. The molecule has 1 fully saturated rings. The van der Waals surface area contributed by atoms with E-state index in [1.54, 1.807) is 54.6 Å².